The summed E-state index contributed by atoms with van der Waals surface area (Å²) in [6, 6.07) is 5.75. The Balaban J connectivity index is 2.06. The van der Waals surface area contributed by atoms with Gasteiger partial charge in [-0.3, -0.25) is 9.59 Å². The van der Waals surface area contributed by atoms with Crippen molar-refractivity contribution in [3.05, 3.63) is 29.3 Å². The van der Waals surface area contributed by atoms with Crippen molar-refractivity contribution in [2.45, 2.75) is 72.1 Å². The van der Waals surface area contributed by atoms with Gasteiger partial charge in [-0.25, -0.2) is 0 Å². The second-order valence-electron chi connectivity index (χ2n) is 6.10. The van der Waals surface area contributed by atoms with E-state index in [4.69, 9.17) is 9.47 Å². The smallest absolute Gasteiger partial charge is 0.311 e. The van der Waals surface area contributed by atoms with E-state index in [1.54, 1.807) is 0 Å². The van der Waals surface area contributed by atoms with Crippen LogP contribution in [-0.4, -0.2) is 18.5 Å². The molecule has 0 aliphatic heterocycles. The van der Waals surface area contributed by atoms with Crippen LogP contribution < -0.4 is 4.74 Å². The molecule has 0 atom stereocenters. The molecule has 4 nitrogen and oxygen atoms in total. The van der Waals surface area contributed by atoms with Crippen molar-refractivity contribution in [3.63, 3.8) is 0 Å². The van der Waals surface area contributed by atoms with Gasteiger partial charge < -0.3 is 9.47 Å². The maximum absolute atomic E-state index is 11.9. The van der Waals surface area contributed by atoms with Gasteiger partial charge in [-0.2, -0.15) is 0 Å². The lowest BCUT2D eigenvalue weighted by Gasteiger charge is -2.09. The van der Waals surface area contributed by atoms with Crippen molar-refractivity contribution in [1.29, 1.82) is 0 Å². The highest BCUT2D eigenvalue weighted by atomic mass is 16.5. The van der Waals surface area contributed by atoms with Crippen LogP contribution in [0.5, 0.6) is 5.75 Å². The number of aryl methyl sites for hydroxylation is 1. The lowest BCUT2D eigenvalue weighted by molar-refractivity contribution is -0.143. The number of hydrogen-bond donors (Lipinski definition) is 0. The molecular weight excluding hydrogens is 304 g/mol. The second-order valence-corrected chi connectivity index (χ2v) is 6.10. The standard InChI is InChI=1S/C20H30O4/c1-4-23-19(21)14-9-7-5-6-8-10-15-20(22)24-18-13-11-12-16(2)17(18)3/h11-13H,4-10,14-15H2,1-3H3. The number of unbranched alkanes of at least 4 members (excludes halogenated alkanes) is 5. The van der Waals surface area contributed by atoms with Gasteiger partial charge in [0.05, 0.1) is 6.61 Å². The molecule has 0 fully saturated rings. The Morgan fingerprint density at radius 3 is 2.08 bits per heavy atom. The molecule has 0 aliphatic rings. The molecule has 0 radical (unpaired) electrons. The summed E-state index contributed by atoms with van der Waals surface area (Å²) in [5.41, 5.74) is 2.15. The Bertz CT molecular complexity index is 522. The minimum absolute atomic E-state index is 0.105. The van der Waals surface area contributed by atoms with Crippen molar-refractivity contribution in [2.75, 3.05) is 6.61 Å². The maximum atomic E-state index is 11.9. The van der Waals surface area contributed by atoms with E-state index >= 15 is 0 Å². The highest BCUT2D eigenvalue weighted by Crippen LogP contribution is 2.21. The Kier molecular flexibility index (Phi) is 9.81. The first-order chi connectivity index (χ1) is 11.5. The minimum Gasteiger partial charge on any atom is -0.466 e. The summed E-state index contributed by atoms with van der Waals surface area (Å²) >= 11 is 0. The van der Waals surface area contributed by atoms with Crippen LogP contribution in [0.4, 0.5) is 0 Å². The third kappa shape index (κ3) is 8.14. The van der Waals surface area contributed by atoms with E-state index in [-0.39, 0.29) is 11.9 Å². The lowest BCUT2D eigenvalue weighted by Crippen LogP contribution is -2.08. The lowest BCUT2D eigenvalue weighted by atomic mass is 10.1. The van der Waals surface area contributed by atoms with E-state index in [0.29, 0.717) is 25.2 Å². The Hall–Kier alpha value is -1.84. The third-order valence-electron chi connectivity index (χ3n) is 4.10. The van der Waals surface area contributed by atoms with E-state index in [1.165, 1.54) is 0 Å². The largest absolute Gasteiger partial charge is 0.466 e. The van der Waals surface area contributed by atoms with Crippen LogP contribution in [0.25, 0.3) is 0 Å². The van der Waals surface area contributed by atoms with Crippen LogP contribution >= 0.6 is 0 Å². The summed E-state index contributed by atoms with van der Waals surface area (Å²) in [6.45, 7) is 6.25. The number of carbonyl (C=O) groups excluding carboxylic acids is 2. The molecule has 0 saturated heterocycles. The highest BCUT2D eigenvalue weighted by molar-refractivity contribution is 5.72. The van der Waals surface area contributed by atoms with Gasteiger partial charge >= 0.3 is 11.9 Å². The van der Waals surface area contributed by atoms with Crippen LogP contribution in [0, 0.1) is 13.8 Å². The molecule has 24 heavy (non-hydrogen) atoms. The van der Waals surface area contributed by atoms with E-state index in [1.807, 2.05) is 39.0 Å². The van der Waals surface area contributed by atoms with Crippen molar-refractivity contribution in [2.24, 2.45) is 0 Å². The molecule has 0 aromatic heterocycles. The van der Waals surface area contributed by atoms with Gasteiger partial charge in [-0.1, -0.05) is 37.8 Å². The molecule has 0 bridgehead atoms. The number of esters is 2. The van der Waals surface area contributed by atoms with Crippen LogP contribution in [0.3, 0.4) is 0 Å². The SMILES string of the molecule is CCOC(=O)CCCCCCCCC(=O)Oc1cccc(C)c1C. The first kappa shape index (κ1) is 20.2. The molecule has 0 amide bonds. The number of carbonyl (C=O) groups is 2. The van der Waals surface area contributed by atoms with E-state index in [2.05, 4.69) is 0 Å². The van der Waals surface area contributed by atoms with Crippen molar-refractivity contribution >= 4 is 11.9 Å². The maximum Gasteiger partial charge on any atom is 0.311 e. The first-order valence-electron chi connectivity index (χ1n) is 8.97. The normalized spacial score (nSPS) is 10.5. The zero-order chi connectivity index (χ0) is 17.8. The second kappa shape index (κ2) is 11.7. The third-order valence-corrected chi connectivity index (χ3v) is 4.10. The molecule has 0 spiro atoms. The first-order valence-corrected chi connectivity index (χ1v) is 8.97. The molecule has 0 saturated carbocycles. The number of ether oxygens (including phenoxy) is 2. The van der Waals surface area contributed by atoms with Gasteiger partial charge in [-0.05, 0) is 50.8 Å². The average Bonchev–Trinajstić information content (AvgIpc) is 2.54. The summed E-state index contributed by atoms with van der Waals surface area (Å²) < 4.78 is 10.3. The summed E-state index contributed by atoms with van der Waals surface area (Å²) in [6.07, 6.45) is 6.92. The molecule has 0 aliphatic carbocycles. The Morgan fingerprint density at radius 2 is 1.46 bits per heavy atom. The van der Waals surface area contributed by atoms with Gasteiger partial charge in [0.1, 0.15) is 5.75 Å². The quantitative estimate of drug-likeness (QED) is 0.328. The molecule has 0 N–H and O–H groups in total. The summed E-state index contributed by atoms with van der Waals surface area (Å²) in [4.78, 5) is 23.0. The molecule has 4 heteroatoms. The fourth-order valence-corrected chi connectivity index (χ4v) is 2.49. The predicted molar refractivity (Wildman–Crippen MR) is 95.1 cm³/mol. The topological polar surface area (TPSA) is 52.6 Å². The molecule has 1 rings (SSSR count). The zero-order valence-electron chi connectivity index (χ0n) is 15.2. The molecule has 134 valence electrons. The van der Waals surface area contributed by atoms with E-state index in [0.717, 1.165) is 49.7 Å². The van der Waals surface area contributed by atoms with Crippen molar-refractivity contribution < 1.29 is 19.1 Å². The molecule has 0 unspecified atom stereocenters. The Labute approximate surface area is 145 Å². The minimum atomic E-state index is -0.161. The highest BCUT2D eigenvalue weighted by Gasteiger charge is 2.08. The fourth-order valence-electron chi connectivity index (χ4n) is 2.49. The average molecular weight is 334 g/mol. The van der Waals surface area contributed by atoms with Crippen LogP contribution in [0.15, 0.2) is 18.2 Å². The zero-order valence-corrected chi connectivity index (χ0v) is 15.2. The van der Waals surface area contributed by atoms with Crippen molar-refractivity contribution in [1.82, 2.24) is 0 Å². The summed E-state index contributed by atoms with van der Waals surface area (Å²) in [5.74, 6) is 0.400. The number of hydrogen-bond acceptors (Lipinski definition) is 4. The van der Waals surface area contributed by atoms with E-state index < -0.39 is 0 Å². The summed E-state index contributed by atoms with van der Waals surface area (Å²) in [7, 11) is 0. The van der Waals surface area contributed by atoms with Crippen LogP contribution in [0.1, 0.15) is 69.4 Å². The molecule has 0 heterocycles. The van der Waals surface area contributed by atoms with Crippen LogP contribution in [-0.2, 0) is 14.3 Å². The fraction of sp³-hybridized carbons (Fsp3) is 0.600. The van der Waals surface area contributed by atoms with Gasteiger partial charge in [0.2, 0.25) is 0 Å². The van der Waals surface area contributed by atoms with Crippen molar-refractivity contribution in [3.8, 4) is 5.75 Å². The predicted octanol–water partition coefficient (Wildman–Crippen LogP) is 4.89. The number of benzene rings is 1. The Morgan fingerprint density at radius 1 is 0.875 bits per heavy atom. The van der Waals surface area contributed by atoms with Gasteiger partial charge in [-0.15, -0.1) is 0 Å². The van der Waals surface area contributed by atoms with Gasteiger partial charge in [0, 0.05) is 12.8 Å². The monoisotopic (exact) mass is 334 g/mol. The summed E-state index contributed by atoms with van der Waals surface area (Å²) in [5, 5.41) is 0. The number of rotatable bonds is 11. The van der Waals surface area contributed by atoms with Gasteiger partial charge in [0.25, 0.3) is 0 Å². The molecule has 1 aromatic rings. The molecule has 1 aromatic carbocycles. The van der Waals surface area contributed by atoms with Crippen LogP contribution in [0.2, 0.25) is 0 Å². The van der Waals surface area contributed by atoms with E-state index in [9.17, 15) is 9.59 Å². The molecular formula is C20H30O4. The van der Waals surface area contributed by atoms with Gasteiger partial charge in [0.15, 0.2) is 0 Å².